The molecule has 2 aliphatic rings. The van der Waals surface area contributed by atoms with Gasteiger partial charge in [0.05, 0.1) is 11.6 Å². The second kappa shape index (κ2) is 6.91. The zero-order valence-electron chi connectivity index (χ0n) is 15.2. The predicted molar refractivity (Wildman–Crippen MR) is 100 cm³/mol. The fraction of sp³-hybridized carbons (Fsp3) is 0.500. The van der Waals surface area contributed by atoms with Crippen LogP contribution in [-0.4, -0.2) is 34.5 Å². The van der Waals surface area contributed by atoms with Crippen molar-refractivity contribution in [1.82, 2.24) is 9.47 Å². The van der Waals surface area contributed by atoms with Crippen LogP contribution in [0, 0.1) is 13.8 Å². The number of hydrogen-bond donors (Lipinski definition) is 0. The average Bonchev–Trinajstić information content (AvgIpc) is 3.04. The topological polar surface area (TPSA) is 51.5 Å². The van der Waals surface area contributed by atoms with E-state index >= 15 is 0 Å². The van der Waals surface area contributed by atoms with Crippen molar-refractivity contribution in [2.75, 3.05) is 13.2 Å². The lowest BCUT2D eigenvalue weighted by Crippen LogP contribution is -2.34. The SMILES string of the molecule is Cc1cc(C(=O)OCC(=O)N2CCCC2c2cccs2)c(C)n1C1CC1. The molecule has 0 N–H and O–H groups in total. The van der Waals surface area contributed by atoms with E-state index in [9.17, 15) is 9.59 Å². The zero-order chi connectivity index (χ0) is 18.3. The molecule has 2 aromatic heterocycles. The van der Waals surface area contributed by atoms with Crippen LogP contribution in [0.4, 0.5) is 0 Å². The van der Waals surface area contributed by atoms with Gasteiger partial charge in [0.2, 0.25) is 0 Å². The minimum Gasteiger partial charge on any atom is -0.452 e. The number of esters is 1. The van der Waals surface area contributed by atoms with Crippen LogP contribution in [0.2, 0.25) is 0 Å². The molecule has 26 heavy (non-hydrogen) atoms. The average molecular weight is 372 g/mol. The van der Waals surface area contributed by atoms with E-state index in [1.165, 1.54) is 17.7 Å². The molecule has 0 aromatic carbocycles. The van der Waals surface area contributed by atoms with Crippen molar-refractivity contribution in [1.29, 1.82) is 0 Å². The summed E-state index contributed by atoms with van der Waals surface area (Å²) in [6, 6.07) is 6.61. The Morgan fingerprint density at radius 2 is 2.08 bits per heavy atom. The quantitative estimate of drug-likeness (QED) is 0.745. The van der Waals surface area contributed by atoms with Crippen LogP contribution in [0.15, 0.2) is 23.6 Å². The highest BCUT2D eigenvalue weighted by molar-refractivity contribution is 7.10. The molecule has 6 heteroatoms. The number of aromatic nitrogens is 1. The summed E-state index contributed by atoms with van der Waals surface area (Å²) in [4.78, 5) is 28.2. The summed E-state index contributed by atoms with van der Waals surface area (Å²) in [6.45, 7) is 4.52. The maximum atomic E-state index is 12.6. The second-order valence-corrected chi connectivity index (χ2v) is 8.20. The van der Waals surface area contributed by atoms with Crippen molar-refractivity contribution in [2.45, 2.75) is 51.6 Å². The van der Waals surface area contributed by atoms with Gasteiger partial charge in [0, 0.05) is 28.9 Å². The Hall–Kier alpha value is -2.08. The van der Waals surface area contributed by atoms with Crippen molar-refractivity contribution < 1.29 is 14.3 Å². The number of amides is 1. The van der Waals surface area contributed by atoms with E-state index in [1.54, 1.807) is 11.3 Å². The van der Waals surface area contributed by atoms with Gasteiger partial charge in [-0.1, -0.05) is 6.07 Å². The first-order chi connectivity index (χ1) is 12.6. The molecule has 1 aliphatic carbocycles. The molecule has 1 saturated heterocycles. The summed E-state index contributed by atoms with van der Waals surface area (Å²) in [6.07, 6.45) is 4.30. The molecule has 1 amide bonds. The zero-order valence-corrected chi connectivity index (χ0v) is 16.1. The lowest BCUT2D eigenvalue weighted by Gasteiger charge is -2.23. The second-order valence-electron chi connectivity index (χ2n) is 7.22. The van der Waals surface area contributed by atoms with Crippen molar-refractivity contribution in [2.24, 2.45) is 0 Å². The highest BCUT2D eigenvalue weighted by Crippen LogP contribution is 2.38. The first-order valence-electron chi connectivity index (χ1n) is 9.24. The fourth-order valence-electron chi connectivity index (χ4n) is 4.01. The van der Waals surface area contributed by atoms with Gasteiger partial charge in [-0.05, 0) is 57.0 Å². The smallest absolute Gasteiger partial charge is 0.340 e. The summed E-state index contributed by atoms with van der Waals surface area (Å²) in [5.41, 5.74) is 2.61. The molecular formula is C20H24N2O3S. The molecule has 5 nitrogen and oxygen atoms in total. The third-order valence-corrected chi connectivity index (χ3v) is 6.36. The Morgan fingerprint density at radius 3 is 2.77 bits per heavy atom. The van der Waals surface area contributed by atoms with Crippen LogP contribution < -0.4 is 0 Å². The molecule has 1 atom stereocenters. The number of hydrogen-bond acceptors (Lipinski definition) is 4. The summed E-state index contributed by atoms with van der Waals surface area (Å²) in [5.74, 6) is -0.504. The van der Waals surface area contributed by atoms with E-state index in [2.05, 4.69) is 10.6 Å². The Morgan fingerprint density at radius 1 is 1.27 bits per heavy atom. The van der Waals surface area contributed by atoms with E-state index in [-0.39, 0.29) is 18.6 Å². The lowest BCUT2D eigenvalue weighted by atomic mass is 10.2. The molecule has 1 saturated carbocycles. The number of carbonyl (C=O) groups excluding carboxylic acids is 2. The number of thiophene rings is 1. The van der Waals surface area contributed by atoms with Gasteiger partial charge in [0.1, 0.15) is 0 Å². The molecule has 2 fully saturated rings. The van der Waals surface area contributed by atoms with Crippen LogP contribution >= 0.6 is 11.3 Å². The third-order valence-electron chi connectivity index (χ3n) is 5.39. The Labute approximate surface area is 157 Å². The van der Waals surface area contributed by atoms with Crippen LogP contribution in [0.5, 0.6) is 0 Å². The van der Waals surface area contributed by atoms with Crippen molar-refractivity contribution in [3.8, 4) is 0 Å². The summed E-state index contributed by atoms with van der Waals surface area (Å²) >= 11 is 1.67. The van der Waals surface area contributed by atoms with Crippen LogP contribution in [0.3, 0.4) is 0 Å². The van der Waals surface area contributed by atoms with Crippen molar-refractivity contribution in [3.63, 3.8) is 0 Å². The highest BCUT2D eigenvalue weighted by Gasteiger charge is 2.32. The van der Waals surface area contributed by atoms with Gasteiger partial charge in [0.15, 0.2) is 6.61 Å². The summed E-state index contributed by atoms with van der Waals surface area (Å²) in [5, 5.41) is 2.03. The molecule has 0 bridgehead atoms. The molecule has 3 heterocycles. The van der Waals surface area contributed by atoms with Gasteiger partial charge in [-0.3, -0.25) is 4.79 Å². The number of rotatable bonds is 5. The Balaban J connectivity index is 1.40. The van der Waals surface area contributed by atoms with Crippen molar-refractivity contribution >= 4 is 23.2 Å². The van der Waals surface area contributed by atoms with Crippen LogP contribution in [0.25, 0.3) is 0 Å². The van der Waals surface area contributed by atoms with E-state index in [1.807, 2.05) is 36.3 Å². The third kappa shape index (κ3) is 3.18. The van der Waals surface area contributed by atoms with Gasteiger partial charge in [0.25, 0.3) is 5.91 Å². The van der Waals surface area contributed by atoms with Gasteiger partial charge in [-0.15, -0.1) is 11.3 Å². The highest BCUT2D eigenvalue weighted by atomic mass is 32.1. The largest absolute Gasteiger partial charge is 0.452 e. The minimum atomic E-state index is -0.398. The normalized spacial score (nSPS) is 19.8. The van der Waals surface area contributed by atoms with E-state index < -0.39 is 5.97 Å². The molecule has 1 aliphatic heterocycles. The standard InChI is InChI=1S/C20H24N2O3S/c1-13-11-16(14(2)22(13)15-7-8-15)20(24)25-12-19(23)21-9-3-5-17(21)18-6-4-10-26-18/h4,6,10-11,15,17H,3,5,7-9,12H2,1-2H3. The monoisotopic (exact) mass is 372 g/mol. The van der Waals surface area contributed by atoms with Crippen molar-refractivity contribution in [3.05, 3.63) is 45.4 Å². The van der Waals surface area contributed by atoms with E-state index in [4.69, 9.17) is 4.74 Å². The van der Waals surface area contributed by atoms with Crippen LogP contribution in [-0.2, 0) is 9.53 Å². The molecule has 138 valence electrons. The van der Waals surface area contributed by atoms with E-state index in [0.29, 0.717) is 11.6 Å². The minimum absolute atomic E-state index is 0.106. The van der Waals surface area contributed by atoms with Gasteiger partial charge < -0.3 is 14.2 Å². The lowest BCUT2D eigenvalue weighted by molar-refractivity contribution is -0.135. The van der Waals surface area contributed by atoms with Gasteiger partial charge >= 0.3 is 5.97 Å². The van der Waals surface area contributed by atoms with E-state index in [0.717, 1.165) is 30.8 Å². The fourth-order valence-corrected chi connectivity index (χ4v) is 4.88. The van der Waals surface area contributed by atoms with Crippen LogP contribution in [0.1, 0.15) is 64.4 Å². The molecule has 2 aromatic rings. The molecule has 1 unspecified atom stereocenters. The maximum absolute atomic E-state index is 12.6. The first kappa shape index (κ1) is 17.3. The molecule has 0 radical (unpaired) electrons. The number of aryl methyl sites for hydroxylation is 1. The predicted octanol–water partition coefficient (Wildman–Crippen LogP) is 4.02. The number of likely N-dealkylation sites (tertiary alicyclic amines) is 1. The molecular weight excluding hydrogens is 348 g/mol. The van der Waals surface area contributed by atoms with Gasteiger partial charge in [-0.25, -0.2) is 4.79 Å². The Bertz CT molecular complexity index is 820. The van der Waals surface area contributed by atoms with Gasteiger partial charge in [-0.2, -0.15) is 0 Å². The summed E-state index contributed by atoms with van der Waals surface area (Å²) in [7, 11) is 0. The first-order valence-corrected chi connectivity index (χ1v) is 10.1. The maximum Gasteiger partial charge on any atom is 0.340 e. The number of carbonyl (C=O) groups is 2. The molecule has 4 rings (SSSR count). The number of ether oxygens (including phenoxy) is 1. The summed E-state index contributed by atoms with van der Waals surface area (Å²) < 4.78 is 7.59. The Kier molecular flexibility index (Phi) is 4.61. The number of nitrogens with zero attached hydrogens (tertiary/aromatic N) is 2. The molecule has 0 spiro atoms.